The number of carbonyl (C=O) groups excluding carboxylic acids is 2. The Bertz CT molecular complexity index is 1130. The van der Waals surface area contributed by atoms with Crippen LogP contribution in [0.1, 0.15) is 47.8 Å². The number of hydrogen-bond donors (Lipinski definition) is 0. The summed E-state index contributed by atoms with van der Waals surface area (Å²) in [6, 6.07) is 26.2. The molecule has 0 saturated carbocycles. The van der Waals surface area contributed by atoms with Crippen LogP contribution in [0.4, 0.5) is 4.39 Å². The second kappa shape index (κ2) is 9.05. The van der Waals surface area contributed by atoms with Gasteiger partial charge in [-0.2, -0.15) is 0 Å². The number of likely N-dealkylation sites (N-methyl/N-ethyl adjacent to an activating group) is 1. The van der Waals surface area contributed by atoms with E-state index >= 15 is 0 Å². The van der Waals surface area contributed by atoms with E-state index in [1.54, 1.807) is 12.1 Å². The number of benzene rings is 3. The highest BCUT2D eigenvalue weighted by Crippen LogP contribution is 2.46. The van der Waals surface area contributed by atoms with E-state index in [0.29, 0.717) is 19.5 Å². The van der Waals surface area contributed by atoms with Gasteiger partial charge in [-0.05, 0) is 41.7 Å². The highest BCUT2D eigenvalue weighted by Gasteiger charge is 2.54. The van der Waals surface area contributed by atoms with Crippen LogP contribution in [0.25, 0.3) is 0 Å². The quantitative estimate of drug-likeness (QED) is 0.557. The number of piperidine rings is 1. The summed E-state index contributed by atoms with van der Waals surface area (Å²) in [5.41, 5.74) is 2.38. The van der Waals surface area contributed by atoms with Gasteiger partial charge in [-0.1, -0.05) is 72.8 Å². The molecule has 34 heavy (non-hydrogen) atoms. The molecule has 174 valence electrons. The molecule has 1 spiro atoms. The van der Waals surface area contributed by atoms with Crippen LogP contribution in [-0.4, -0.2) is 47.3 Å². The van der Waals surface area contributed by atoms with Crippen molar-refractivity contribution in [3.8, 4) is 0 Å². The third-order valence-corrected chi connectivity index (χ3v) is 7.66. The number of amides is 2. The molecule has 2 aliphatic heterocycles. The summed E-state index contributed by atoms with van der Waals surface area (Å²) in [5.74, 6) is -0.636. The van der Waals surface area contributed by atoms with Crippen molar-refractivity contribution in [2.24, 2.45) is 0 Å². The molecule has 2 atom stereocenters. The van der Waals surface area contributed by atoms with Gasteiger partial charge in [-0.3, -0.25) is 9.59 Å². The molecule has 3 aromatic rings. The molecule has 0 N–H and O–H groups in total. The Labute approximate surface area is 200 Å². The average molecular weight is 457 g/mol. The second-order valence-corrected chi connectivity index (χ2v) is 9.49. The maximum atomic E-state index is 14.2. The van der Waals surface area contributed by atoms with Crippen molar-refractivity contribution in [1.82, 2.24) is 9.80 Å². The first kappa shape index (κ1) is 22.3. The Hall–Kier alpha value is -3.47. The normalized spacial score (nSPS) is 22.6. The van der Waals surface area contributed by atoms with Crippen LogP contribution in [0.5, 0.6) is 0 Å². The molecule has 0 unspecified atom stereocenters. The average Bonchev–Trinajstić information content (AvgIpc) is 3.25. The summed E-state index contributed by atoms with van der Waals surface area (Å²) in [6.45, 7) is 0.977. The first-order chi connectivity index (χ1) is 16.5. The fourth-order valence-corrected chi connectivity index (χ4v) is 5.85. The zero-order valence-electron chi connectivity index (χ0n) is 19.4. The predicted octanol–water partition coefficient (Wildman–Crippen LogP) is 4.96. The van der Waals surface area contributed by atoms with Crippen molar-refractivity contribution >= 4 is 11.8 Å². The molecular weight excluding hydrogens is 427 g/mol. The molecule has 0 aromatic heterocycles. The minimum Gasteiger partial charge on any atom is -0.339 e. The molecule has 5 rings (SSSR count). The Morgan fingerprint density at radius 3 is 2.12 bits per heavy atom. The van der Waals surface area contributed by atoms with Crippen LogP contribution < -0.4 is 0 Å². The predicted molar refractivity (Wildman–Crippen MR) is 130 cm³/mol. The molecule has 0 radical (unpaired) electrons. The summed E-state index contributed by atoms with van der Waals surface area (Å²) < 4.78 is 13.7. The highest BCUT2D eigenvalue weighted by molar-refractivity contribution is 5.88. The third-order valence-electron chi connectivity index (χ3n) is 7.66. The van der Waals surface area contributed by atoms with Crippen LogP contribution in [0, 0.1) is 5.82 Å². The van der Waals surface area contributed by atoms with Gasteiger partial charge in [0.15, 0.2) is 0 Å². The van der Waals surface area contributed by atoms with Crippen molar-refractivity contribution in [3.63, 3.8) is 0 Å². The van der Waals surface area contributed by atoms with Gasteiger partial charge < -0.3 is 9.80 Å². The van der Waals surface area contributed by atoms with E-state index in [1.165, 1.54) is 12.1 Å². The van der Waals surface area contributed by atoms with Gasteiger partial charge in [0.25, 0.3) is 0 Å². The summed E-state index contributed by atoms with van der Waals surface area (Å²) in [7, 11) is 1.86. The van der Waals surface area contributed by atoms with Gasteiger partial charge in [0.1, 0.15) is 5.82 Å². The minimum atomic E-state index is -0.485. The van der Waals surface area contributed by atoms with Crippen molar-refractivity contribution in [2.75, 3.05) is 20.1 Å². The van der Waals surface area contributed by atoms with Crippen LogP contribution >= 0.6 is 0 Å². The lowest BCUT2D eigenvalue weighted by molar-refractivity contribution is -0.141. The van der Waals surface area contributed by atoms with Gasteiger partial charge in [-0.15, -0.1) is 0 Å². The van der Waals surface area contributed by atoms with Gasteiger partial charge in [0.05, 0.1) is 11.5 Å². The molecule has 2 amide bonds. The number of nitrogens with zero attached hydrogens (tertiary/aromatic N) is 2. The lowest BCUT2D eigenvalue weighted by Gasteiger charge is -2.46. The van der Waals surface area contributed by atoms with Crippen molar-refractivity contribution in [2.45, 2.75) is 36.6 Å². The fourth-order valence-electron chi connectivity index (χ4n) is 5.85. The first-order valence-corrected chi connectivity index (χ1v) is 11.9. The maximum Gasteiger partial charge on any atom is 0.234 e. The van der Waals surface area contributed by atoms with Gasteiger partial charge >= 0.3 is 0 Å². The summed E-state index contributed by atoms with van der Waals surface area (Å²) in [5, 5.41) is 0. The number of carbonyl (C=O) groups is 2. The summed E-state index contributed by atoms with van der Waals surface area (Å²) in [4.78, 5) is 30.7. The third kappa shape index (κ3) is 3.89. The first-order valence-electron chi connectivity index (χ1n) is 11.9. The topological polar surface area (TPSA) is 40.6 Å². The molecular formula is C29H29FN2O2. The van der Waals surface area contributed by atoms with Gasteiger partial charge in [0, 0.05) is 32.5 Å². The minimum absolute atomic E-state index is 0.0350. The van der Waals surface area contributed by atoms with Crippen LogP contribution in [0.15, 0.2) is 84.9 Å². The number of rotatable bonds is 4. The van der Waals surface area contributed by atoms with E-state index in [-0.39, 0.29) is 23.5 Å². The Morgan fingerprint density at radius 1 is 0.941 bits per heavy atom. The van der Waals surface area contributed by atoms with E-state index in [9.17, 15) is 14.0 Å². The van der Waals surface area contributed by atoms with Crippen molar-refractivity contribution in [1.29, 1.82) is 0 Å². The zero-order valence-corrected chi connectivity index (χ0v) is 19.4. The molecule has 2 fully saturated rings. The van der Waals surface area contributed by atoms with E-state index < -0.39 is 11.5 Å². The van der Waals surface area contributed by atoms with E-state index in [2.05, 4.69) is 0 Å². The number of halogens is 1. The van der Waals surface area contributed by atoms with E-state index in [4.69, 9.17) is 0 Å². The highest BCUT2D eigenvalue weighted by atomic mass is 19.1. The van der Waals surface area contributed by atoms with Crippen LogP contribution in [-0.2, 0) is 9.59 Å². The summed E-state index contributed by atoms with van der Waals surface area (Å²) >= 11 is 0. The van der Waals surface area contributed by atoms with Crippen LogP contribution in [0.3, 0.4) is 0 Å². The molecule has 2 heterocycles. The largest absolute Gasteiger partial charge is 0.339 e. The summed E-state index contributed by atoms with van der Waals surface area (Å²) in [6.07, 6.45) is 2.14. The zero-order chi connectivity index (χ0) is 23.7. The molecule has 5 heteroatoms. The SMILES string of the molecule is CN1C(=O)CCC[C@]12CN(C(=O)C(c1ccccc1)c1ccccc1)C[C@H]2c1ccc(F)cc1. The maximum absolute atomic E-state index is 14.2. The number of likely N-dealkylation sites (tertiary alicyclic amines) is 2. The fraction of sp³-hybridized carbons (Fsp3) is 0.310. The Balaban J connectivity index is 1.55. The number of hydrogen-bond acceptors (Lipinski definition) is 2. The van der Waals surface area contributed by atoms with Crippen molar-refractivity contribution < 1.29 is 14.0 Å². The van der Waals surface area contributed by atoms with E-state index in [1.807, 2.05) is 77.5 Å². The molecule has 0 aliphatic carbocycles. The second-order valence-electron chi connectivity index (χ2n) is 9.49. The van der Waals surface area contributed by atoms with Crippen molar-refractivity contribution in [3.05, 3.63) is 107 Å². The van der Waals surface area contributed by atoms with Gasteiger partial charge in [0.2, 0.25) is 11.8 Å². The standard InChI is InChI=1S/C29H29FN2O2/c1-31-26(33)13-8-18-29(31)20-32(19-25(29)21-14-16-24(30)17-15-21)28(34)27(22-9-4-2-5-10-22)23-11-6-3-7-12-23/h2-7,9-12,14-17,25,27H,8,13,18-20H2,1H3/t25-,29+/m0/s1. The molecule has 2 aliphatic rings. The molecule has 3 aromatic carbocycles. The van der Waals surface area contributed by atoms with E-state index in [0.717, 1.165) is 29.5 Å². The van der Waals surface area contributed by atoms with Crippen LogP contribution in [0.2, 0.25) is 0 Å². The monoisotopic (exact) mass is 456 g/mol. The lowest BCUT2D eigenvalue weighted by Crippen LogP contribution is -2.57. The Kier molecular flexibility index (Phi) is 5.94. The smallest absolute Gasteiger partial charge is 0.234 e. The Morgan fingerprint density at radius 2 is 1.53 bits per heavy atom. The van der Waals surface area contributed by atoms with Gasteiger partial charge in [-0.25, -0.2) is 4.39 Å². The lowest BCUT2D eigenvalue weighted by atomic mass is 9.75. The molecule has 4 nitrogen and oxygen atoms in total. The molecule has 2 saturated heterocycles. The molecule has 0 bridgehead atoms.